The van der Waals surface area contributed by atoms with Crippen LogP contribution in [0, 0.1) is 4.77 Å². The fourth-order valence-corrected chi connectivity index (χ4v) is 3.43. The summed E-state index contributed by atoms with van der Waals surface area (Å²) in [7, 11) is 0. The summed E-state index contributed by atoms with van der Waals surface area (Å²) in [4.78, 5) is 13.5. The molecule has 0 fully saturated rings. The molecule has 1 aromatic carbocycles. The highest BCUT2D eigenvalue weighted by atomic mass is 35.5. The van der Waals surface area contributed by atoms with Crippen LogP contribution in [0.5, 0.6) is 0 Å². The highest BCUT2D eigenvalue weighted by Gasteiger charge is 2.21. The van der Waals surface area contributed by atoms with Gasteiger partial charge in [0.2, 0.25) is 5.91 Å². The van der Waals surface area contributed by atoms with Crippen LogP contribution in [0.1, 0.15) is 18.5 Å². The first kappa shape index (κ1) is 16.9. The summed E-state index contributed by atoms with van der Waals surface area (Å²) in [6.07, 6.45) is 0. The number of rotatable bonds is 5. The minimum absolute atomic E-state index is 0.125. The molecule has 8 heteroatoms. The van der Waals surface area contributed by atoms with E-state index in [1.807, 2.05) is 29.6 Å². The molecule has 2 heterocycles. The lowest BCUT2D eigenvalue weighted by Crippen LogP contribution is -2.31. The normalized spacial score (nSPS) is 12.1. The van der Waals surface area contributed by atoms with Crippen molar-refractivity contribution in [2.24, 2.45) is 0 Å². The van der Waals surface area contributed by atoms with Crippen LogP contribution in [0.25, 0.3) is 10.7 Å². The minimum Gasteiger partial charge on any atom is -0.350 e. The average Bonchev–Trinajstić information content (AvgIpc) is 3.22. The van der Waals surface area contributed by atoms with E-state index in [4.69, 9.17) is 23.8 Å². The topological polar surface area (TPSA) is 62.7 Å². The summed E-state index contributed by atoms with van der Waals surface area (Å²) < 4.78 is 2.16. The van der Waals surface area contributed by atoms with Crippen LogP contribution in [-0.2, 0) is 11.3 Å². The lowest BCUT2D eigenvalue weighted by Gasteiger charge is -2.15. The van der Waals surface area contributed by atoms with E-state index in [0.29, 0.717) is 22.2 Å². The first-order valence-corrected chi connectivity index (χ1v) is 8.96. The number of halogens is 1. The molecular weight excluding hydrogens is 364 g/mol. The second kappa shape index (κ2) is 7.29. The molecule has 5 nitrogen and oxygen atoms in total. The quantitative estimate of drug-likeness (QED) is 0.654. The number of hydrogen-bond acceptors (Lipinski definition) is 4. The number of aromatic nitrogens is 3. The van der Waals surface area contributed by atoms with Gasteiger partial charge in [-0.1, -0.05) is 29.8 Å². The highest BCUT2D eigenvalue weighted by Crippen LogP contribution is 2.25. The number of amides is 1. The van der Waals surface area contributed by atoms with Crippen LogP contribution < -0.4 is 5.32 Å². The number of nitrogens with one attached hydrogen (secondary N) is 2. The Hall–Kier alpha value is -1.96. The predicted octanol–water partition coefficient (Wildman–Crippen LogP) is 4.20. The van der Waals surface area contributed by atoms with Gasteiger partial charge in [0.1, 0.15) is 6.04 Å². The molecule has 3 aromatic rings. The third kappa shape index (κ3) is 3.58. The van der Waals surface area contributed by atoms with Crippen LogP contribution in [0.15, 0.2) is 41.8 Å². The maximum absolute atomic E-state index is 12.5. The summed E-state index contributed by atoms with van der Waals surface area (Å²) in [6, 6.07) is 10.8. The molecule has 0 aliphatic rings. The SMILES string of the molecule is C[C@@H](C(=O)NCc1ccc(Cl)cc1)n1c(-c2cccs2)n[nH]c1=S. The smallest absolute Gasteiger partial charge is 0.243 e. The zero-order valence-corrected chi connectivity index (χ0v) is 15.2. The van der Waals surface area contributed by atoms with Crippen LogP contribution in [0.3, 0.4) is 0 Å². The number of hydrogen-bond donors (Lipinski definition) is 2. The molecule has 0 saturated carbocycles. The molecule has 0 bridgehead atoms. The molecule has 2 aromatic heterocycles. The van der Waals surface area contributed by atoms with Crippen LogP contribution in [0.2, 0.25) is 5.02 Å². The van der Waals surface area contributed by atoms with Gasteiger partial charge in [-0.25, -0.2) is 0 Å². The Balaban J connectivity index is 1.75. The number of carbonyl (C=O) groups excluding carboxylic acids is 1. The first-order valence-electron chi connectivity index (χ1n) is 7.29. The summed E-state index contributed by atoms with van der Waals surface area (Å²) in [5.41, 5.74) is 0.981. The number of carbonyl (C=O) groups is 1. The van der Waals surface area contributed by atoms with Gasteiger partial charge >= 0.3 is 0 Å². The molecule has 0 aliphatic carbocycles. The summed E-state index contributed by atoms with van der Waals surface area (Å²) in [6.45, 7) is 2.24. The van der Waals surface area contributed by atoms with Crippen molar-refractivity contribution < 1.29 is 4.79 Å². The van der Waals surface area contributed by atoms with E-state index in [-0.39, 0.29) is 5.91 Å². The van der Waals surface area contributed by atoms with E-state index in [1.165, 1.54) is 0 Å². The number of nitrogens with zero attached hydrogens (tertiary/aromatic N) is 2. The number of H-pyrrole nitrogens is 1. The molecule has 0 radical (unpaired) electrons. The molecule has 1 amide bonds. The Morgan fingerprint density at radius 2 is 2.17 bits per heavy atom. The van der Waals surface area contributed by atoms with Crippen molar-refractivity contribution in [3.63, 3.8) is 0 Å². The van der Waals surface area contributed by atoms with E-state index in [0.717, 1.165) is 10.4 Å². The van der Waals surface area contributed by atoms with Gasteiger partial charge in [0, 0.05) is 11.6 Å². The van der Waals surface area contributed by atoms with Crippen molar-refractivity contribution in [1.82, 2.24) is 20.1 Å². The van der Waals surface area contributed by atoms with Gasteiger partial charge in [-0.2, -0.15) is 5.10 Å². The lowest BCUT2D eigenvalue weighted by atomic mass is 10.2. The van der Waals surface area contributed by atoms with Crippen molar-refractivity contribution in [3.05, 3.63) is 57.1 Å². The Morgan fingerprint density at radius 1 is 1.42 bits per heavy atom. The zero-order chi connectivity index (χ0) is 17.1. The zero-order valence-electron chi connectivity index (χ0n) is 12.8. The molecule has 3 rings (SSSR count). The van der Waals surface area contributed by atoms with E-state index in [1.54, 1.807) is 35.0 Å². The van der Waals surface area contributed by atoms with E-state index in [2.05, 4.69) is 15.5 Å². The highest BCUT2D eigenvalue weighted by molar-refractivity contribution is 7.71. The van der Waals surface area contributed by atoms with Crippen molar-refractivity contribution in [2.45, 2.75) is 19.5 Å². The number of aromatic amines is 1. The van der Waals surface area contributed by atoms with Crippen molar-refractivity contribution in [2.75, 3.05) is 0 Å². The van der Waals surface area contributed by atoms with Gasteiger partial charge < -0.3 is 5.32 Å². The molecular formula is C16H15ClN4OS2. The van der Waals surface area contributed by atoms with Gasteiger partial charge in [0.15, 0.2) is 10.6 Å². The fourth-order valence-electron chi connectivity index (χ4n) is 2.30. The fraction of sp³-hybridized carbons (Fsp3) is 0.188. The van der Waals surface area contributed by atoms with Crippen molar-refractivity contribution in [3.8, 4) is 10.7 Å². The van der Waals surface area contributed by atoms with E-state index >= 15 is 0 Å². The second-order valence-electron chi connectivity index (χ2n) is 5.22. The Bertz CT molecular complexity index is 884. The first-order chi connectivity index (χ1) is 11.6. The number of benzene rings is 1. The lowest BCUT2D eigenvalue weighted by molar-refractivity contribution is -0.124. The molecule has 2 N–H and O–H groups in total. The molecule has 124 valence electrons. The molecule has 1 atom stereocenters. The third-order valence-electron chi connectivity index (χ3n) is 3.59. The minimum atomic E-state index is -0.472. The van der Waals surface area contributed by atoms with E-state index < -0.39 is 6.04 Å². The Morgan fingerprint density at radius 3 is 2.83 bits per heavy atom. The standard InChI is InChI=1S/C16H15ClN4OS2/c1-10(15(22)18-9-11-4-6-12(17)7-5-11)21-14(19-20-16(21)23)13-3-2-8-24-13/h2-8,10H,9H2,1H3,(H,18,22)(H,20,23)/t10-/m0/s1. The molecule has 0 unspecified atom stereocenters. The van der Waals surface area contributed by atoms with Gasteiger partial charge in [-0.05, 0) is 48.3 Å². The third-order valence-corrected chi connectivity index (χ3v) is 5.00. The second-order valence-corrected chi connectivity index (χ2v) is 6.99. The van der Waals surface area contributed by atoms with Crippen LogP contribution >= 0.6 is 35.2 Å². The van der Waals surface area contributed by atoms with Crippen molar-refractivity contribution >= 4 is 41.1 Å². The molecule has 0 saturated heterocycles. The largest absolute Gasteiger partial charge is 0.350 e. The van der Waals surface area contributed by atoms with Crippen LogP contribution in [-0.4, -0.2) is 20.7 Å². The van der Waals surface area contributed by atoms with Gasteiger partial charge in [0.25, 0.3) is 0 Å². The van der Waals surface area contributed by atoms with E-state index in [9.17, 15) is 4.79 Å². The number of thiophene rings is 1. The predicted molar refractivity (Wildman–Crippen MR) is 98.7 cm³/mol. The van der Waals surface area contributed by atoms with Crippen molar-refractivity contribution in [1.29, 1.82) is 0 Å². The summed E-state index contributed by atoms with van der Waals surface area (Å²) >= 11 is 12.7. The van der Waals surface area contributed by atoms with Gasteiger partial charge in [-0.3, -0.25) is 14.5 Å². The molecule has 24 heavy (non-hydrogen) atoms. The Kier molecular flexibility index (Phi) is 5.13. The Labute approximate surface area is 153 Å². The summed E-state index contributed by atoms with van der Waals surface area (Å²) in [5, 5.41) is 12.6. The maximum atomic E-state index is 12.5. The van der Waals surface area contributed by atoms with Gasteiger partial charge in [0.05, 0.1) is 4.88 Å². The maximum Gasteiger partial charge on any atom is 0.243 e. The monoisotopic (exact) mass is 378 g/mol. The molecule has 0 spiro atoms. The molecule has 0 aliphatic heterocycles. The average molecular weight is 379 g/mol. The van der Waals surface area contributed by atoms with Crippen LogP contribution in [0.4, 0.5) is 0 Å². The summed E-state index contributed by atoms with van der Waals surface area (Å²) in [5.74, 6) is 0.546. The van der Waals surface area contributed by atoms with Gasteiger partial charge in [-0.15, -0.1) is 11.3 Å².